The SMILES string of the molecule is C#Cc1cc([N+](=O)[O-])cc(S(=O)(=O)CCN(C)C)c1N(CCBr)CCOS(C)(=O)=O. The number of sulfone groups is 1. The predicted octanol–water partition coefficient (Wildman–Crippen LogP) is 1.09. The summed E-state index contributed by atoms with van der Waals surface area (Å²) in [5.41, 5.74) is -0.312. The lowest BCUT2D eigenvalue weighted by Crippen LogP contribution is -2.32. The molecule has 0 aliphatic heterocycles. The summed E-state index contributed by atoms with van der Waals surface area (Å²) in [4.78, 5) is 13.6. The highest BCUT2D eigenvalue weighted by molar-refractivity contribution is 9.09. The molecular weight excluding hydrogens is 502 g/mol. The first-order valence-electron chi connectivity index (χ1n) is 8.64. The molecule has 1 rings (SSSR count). The van der Waals surface area contributed by atoms with Gasteiger partial charge in [-0.05, 0) is 14.1 Å². The topological polar surface area (TPSA) is 127 Å². The van der Waals surface area contributed by atoms with E-state index in [0.717, 1.165) is 18.4 Å². The van der Waals surface area contributed by atoms with Crippen LogP contribution in [0, 0.1) is 22.5 Å². The van der Waals surface area contributed by atoms with Crippen LogP contribution in [0.5, 0.6) is 0 Å². The molecule has 10 nitrogen and oxygen atoms in total. The van der Waals surface area contributed by atoms with Gasteiger partial charge in [0.1, 0.15) is 0 Å². The van der Waals surface area contributed by atoms with Crippen LogP contribution in [0.4, 0.5) is 11.4 Å². The Morgan fingerprint density at radius 2 is 1.83 bits per heavy atom. The fourth-order valence-corrected chi connectivity index (χ4v) is 4.99. The summed E-state index contributed by atoms with van der Waals surface area (Å²) in [6.07, 6.45) is 6.45. The molecule has 0 unspecified atom stereocenters. The van der Waals surface area contributed by atoms with Crippen molar-refractivity contribution in [2.75, 3.05) is 62.6 Å². The van der Waals surface area contributed by atoms with E-state index in [1.165, 1.54) is 0 Å². The number of anilines is 1. The number of nitrogens with zero attached hydrogens (tertiary/aromatic N) is 3. The summed E-state index contributed by atoms with van der Waals surface area (Å²) < 4.78 is 53.4. The third-order valence-electron chi connectivity index (χ3n) is 3.90. The minimum atomic E-state index is -3.95. The molecule has 13 heteroatoms. The normalized spacial score (nSPS) is 12.0. The molecule has 0 heterocycles. The van der Waals surface area contributed by atoms with E-state index >= 15 is 0 Å². The van der Waals surface area contributed by atoms with Crippen LogP contribution in [0.3, 0.4) is 0 Å². The number of rotatable bonds is 12. The van der Waals surface area contributed by atoms with Crippen LogP contribution in [0.15, 0.2) is 17.0 Å². The molecule has 0 aliphatic carbocycles. The largest absolute Gasteiger partial charge is 0.366 e. The average Bonchev–Trinajstić information content (AvgIpc) is 2.63. The molecule has 0 radical (unpaired) electrons. The van der Waals surface area contributed by atoms with E-state index in [0.29, 0.717) is 5.33 Å². The molecule has 0 spiro atoms. The molecule has 0 saturated carbocycles. The van der Waals surface area contributed by atoms with Crippen LogP contribution in [0.1, 0.15) is 5.56 Å². The van der Waals surface area contributed by atoms with E-state index in [4.69, 9.17) is 10.6 Å². The first kappa shape index (κ1) is 26.3. The van der Waals surface area contributed by atoms with Crippen molar-refractivity contribution in [2.24, 2.45) is 0 Å². The predicted molar refractivity (Wildman–Crippen MR) is 118 cm³/mol. The van der Waals surface area contributed by atoms with Crippen molar-refractivity contribution in [3.8, 4) is 12.3 Å². The third-order valence-corrected chi connectivity index (χ3v) is 6.55. The zero-order valence-corrected chi connectivity index (χ0v) is 20.1. The second-order valence-corrected chi connectivity index (χ2v) is 11.1. The molecular formula is C17H24BrN3O7S2. The average molecular weight is 526 g/mol. The van der Waals surface area contributed by atoms with Gasteiger partial charge in [-0.25, -0.2) is 8.42 Å². The number of alkyl halides is 1. The number of nitro benzene ring substituents is 1. The van der Waals surface area contributed by atoms with Crippen LogP contribution in [-0.4, -0.2) is 84.3 Å². The van der Waals surface area contributed by atoms with Crippen LogP contribution in [-0.2, 0) is 24.1 Å². The number of nitro groups is 1. The van der Waals surface area contributed by atoms with Crippen LogP contribution in [0.25, 0.3) is 0 Å². The van der Waals surface area contributed by atoms with Gasteiger partial charge < -0.3 is 9.80 Å². The van der Waals surface area contributed by atoms with Crippen molar-refractivity contribution in [2.45, 2.75) is 4.90 Å². The lowest BCUT2D eigenvalue weighted by molar-refractivity contribution is -0.385. The van der Waals surface area contributed by atoms with E-state index in [2.05, 4.69) is 21.9 Å². The minimum absolute atomic E-state index is 0.00135. The quantitative estimate of drug-likeness (QED) is 0.129. The Labute approximate surface area is 185 Å². The first-order valence-corrected chi connectivity index (χ1v) is 13.2. The van der Waals surface area contributed by atoms with Crippen molar-refractivity contribution < 1.29 is 25.9 Å². The van der Waals surface area contributed by atoms with E-state index < -0.39 is 30.6 Å². The smallest absolute Gasteiger partial charge is 0.272 e. The van der Waals surface area contributed by atoms with Gasteiger partial charge in [-0.2, -0.15) is 8.42 Å². The minimum Gasteiger partial charge on any atom is -0.366 e. The second kappa shape index (κ2) is 11.1. The van der Waals surface area contributed by atoms with Gasteiger partial charge in [-0.1, -0.05) is 21.9 Å². The summed E-state index contributed by atoms with van der Waals surface area (Å²) >= 11 is 3.27. The van der Waals surface area contributed by atoms with Crippen molar-refractivity contribution in [1.29, 1.82) is 0 Å². The molecule has 1 aromatic rings. The Morgan fingerprint density at radius 1 is 1.20 bits per heavy atom. The molecule has 0 bridgehead atoms. The van der Waals surface area contributed by atoms with Crippen molar-refractivity contribution in [1.82, 2.24) is 4.90 Å². The zero-order chi connectivity index (χ0) is 23.1. The molecule has 0 saturated heterocycles. The maximum Gasteiger partial charge on any atom is 0.272 e. The summed E-state index contributed by atoms with van der Waals surface area (Å²) in [5.74, 6) is 2.04. The monoisotopic (exact) mass is 525 g/mol. The molecule has 0 atom stereocenters. The summed E-state index contributed by atoms with van der Waals surface area (Å²) in [5, 5.41) is 11.7. The molecule has 0 N–H and O–H groups in total. The van der Waals surface area contributed by atoms with Gasteiger partial charge in [0.25, 0.3) is 15.8 Å². The van der Waals surface area contributed by atoms with Gasteiger partial charge in [0.2, 0.25) is 0 Å². The van der Waals surface area contributed by atoms with Gasteiger partial charge >= 0.3 is 0 Å². The standard InChI is InChI=1S/C17H24BrN3O7S2/c1-5-14-12-15(21(22)23)13-16(30(26,27)11-9-19(2)3)17(14)20(7-6-18)8-10-28-29(4,24)25/h1,12-13H,6-11H2,2-4H3. The fourth-order valence-electron chi connectivity index (χ4n) is 2.52. The Bertz CT molecular complexity index is 1020. The van der Waals surface area contributed by atoms with Crippen LogP contribution >= 0.6 is 15.9 Å². The van der Waals surface area contributed by atoms with Crippen LogP contribution in [0.2, 0.25) is 0 Å². The van der Waals surface area contributed by atoms with E-state index in [9.17, 15) is 26.9 Å². The van der Waals surface area contributed by atoms with Crippen molar-refractivity contribution in [3.05, 3.63) is 27.8 Å². The molecule has 0 aliphatic rings. The maximum absolute atomic E-state index is 13.1. The number of hydrogen-bond acceptors (Lipinski definition) is 9. The van der Waals surface area contributed by atoms with Gasteiger partial charge in [0, 0.05) is 37.1 Å². The molecule has 1 aromatic carbocycles. The Balaban J connectivity index is 3.61. The molecule has 30 heavy (non-hydrogen) atoms. The summed E-state index contributed by atoms with van der Waals surface area (Å²) in [6.45, 7) is 0.215. The Hall–Kier alpha value is -1.72. The molecule has 0 amide bonds. The highest BCUT2D eigenvalue weighted by Crippen LogP contribution is 2.34. The number of benzene rings is 1. The second-order valence-electron chi connectivity index (χ2n) is 6.57. The molecule has 0 aromatic heterocycles. The molecule has 0 fully saturated rings. The van der Waals surface area contributed by atoms with Gasteiger partial charge in [0.15, 0.2) is 9.84 Å². The molecule has 168 valence electrons. The lowest BCUT2D eigenvalue weighted by Gasteiger charge is -2.27. The Morgan fingerprint density at radius 3 is 2.30 bits per heavy atom. The van der Waals surface area contributed by atoms with Gasteiger partial charge in [-0.15, -0.1) is 6.42 Å². The third kappa shape index (κ3) is 7.84. The van der Waals surface area contributed by atoms with E-state index in [1.54, 1.807) is 23.9 Å². The first-order chi connectivity index (χ1) is 13.8. The number of terminal acetylenes is 1. The maximum atomic E-state index is 13.1. The highest BCUT2D eigenvalue weighted by Gasteiger charge is 2.28. The number of hydrogen-bond donors (Lipinski definition) is 0. The Kier molecular flexibility index (Phi) is 9.70. The lowest BCUT2D eigenvalue weighted by atomic mass is 10.1. The van der Waals surface area contributed by atoms with Gasteiger partial charge in [-0.3, -0.25) is 14.3 Å². The summed E-state index contributed by atoms with van der Waals surface area (Å²) in [7, 11) is -4.24. The number of non-ortho nitro benzene ring substituents is 1. The zero-order valence-electron chi connectivity index (χ0n) is 16.9. The van der Waals surface area contributed by atoms with Crippen LogP contribution < -0.4 is 4.90 Å². The van der Waals surface area contributed by atoms with E-state index in [-0.39, 0.29) is 48.1 Å². The van der Waals surface area contributed by atoms with Crippen molar-refractivity contribution in [3.63, 3.8) is 0 Å². The van der Waals surface area contributed by atoms with Crippen molar-refractivity contribution >= 4 is 47.3 Å². The highest BCUT2D eigenvalue weighted by atomic mass is 79.9. The van der Waals surface area contributed by atoms with Gasteiger partial charge in [0.05, 0.1) is 39.7 Å². The van der Waals surface area contributed by atoms with E-state index in [1.807, 2.05) is 0 Å². The number of halogens is 1. The summed E-state index contributed by atoms with van der Waals surface area (Å²) in [6, 6.07) is 2.11. The fraction of sp³-hybridized carbons (Fsp3) is 0.529.